The first-order valence-electron chi connectivity index (χ1n) is 10.6. The van der Waals surface area contributed by atoms with E-state index >= 15 is 0 Å². The predicted molar refractivity (Wildman–Crippen MR) is 121 cm³/mol. The van der Waals surface area contributed by atoms with E-state index in [9.17, 15) is 4.79 Å². The van der Waals surface area contributed by atoms with Crippen molar-refractivity contribution >= 4 is 17.7 Å². The number of nitrogens with one attached hydrogen (secondary N) is 1. The van der Waals surface area contributed by atoms with Crippen molar-refractivity contribution in [1.29, 1.82) is 0 Å². The van der Waals surface area contributed by atoms with Crippen molar-refractivity contribution in [3.8, 4) is 22.8 Å². The molecule has 1 fully saturated rings. The van der Waals surface area contributed by atoms with E-state index in [4.69, 9.17) is 4.74 Å². The Kier molecular flexibility index (Phi) is 6.86. The third kappa shape index (κ3) is 5.07. The van der Waals surface area contributed by atoms with Gasteiger partial charge in [0.1, 0.15) is 5.75 Å². The highest BCUT2D eigenvalue weighted by Crippen LogP contribution is 2.29. The van der Waals surface area contributed by atoms with Gasteiger partial charge in [0.2, 0.25) is 5.91 Å². The molecule has 0 aliphatic heterocycles. The fourth-order valence-electron chi connectivity index (χ4n) is 3.94. The van der Waals surface area contributed by atoms with Crippen LogP contribution in [0.5, 0.6) is 5.75 Å². The summed E-state index contributed by atoms with van der Waals surface area (Å²) < 4.78 is 7.35. The summed E-state index contributed by atoms with van der Waals surface area (Å²) >= 11 is 1.39. The monoisotopic (exact) mass is 437 g/mol. The average Bonchev–Trinajstić information content (AvgIpc) is 3.24. The van der Waals surface area contributed by atoms with Crippen LogP contribution in [0.15, 0.2) is 53.9 Å². The molecule has 4 rings (SSSR count). The quantitative estimate of drug-likeness (QED) is 0.560. The lowest BCUT2D eigenvalue weighted by atomic mass is 9.86. The van der Waals surface area contributed by atoms with Crippen LogP contribution in [-0.4, -0.2) is 44.6 Å². The maximum absolute atomic E-state index is 12.6. The Morgan fingerprint density at radius 1 is 1.19 bits per heavy atom. The fourth-order valence-corrected chi connectivity index (χ4v) is 4.71. The molecule has 0 saturated heterocycles. The lowest BCUT2D eigenvalue weighted by Crippen LogP contribution is -2.41. The number of nitrogens with zero attached hydrogens (tertiary/aromatic N) is 4. The summed E-state index contributed by atoms with van der Waals surface area (Å²) in [6, 6.07) is 11.8. The maximum Gasteiger partial charge on any atom is 0.230 e. The zero-order chi connectivity index (χ0) is 21.6. The normalized spacial score (nSPS) is 18.5. The van der Waals surface area contributed by atoms with Crippen molar-refractivity contribution in [1.82, 2.24) is 25.1 Å². The van der Waals surface area contributed by atoms with E-state index in [2.05, 4.69) is 27.4 Å². The SMILES string of the molecule is COc1cccc(-n2c(SCC(=O)N[C@@H]3CCCC[C@@H]3C)nnc2-c2ccncc2)c1. The topological polar surface area (TPSA) is 81.9 Å². The molecule has 0 spiro atoms. The van der Waals surface area contributed by atoms with E-state index in [0.29, 0.717) is 22.7 Å². The number of aromatic nitrogens is 4. The molecular weight excluding hydrogens is 410 g/mol. The van der Waals surface area contributed by atoms with Gasteiger partial charge in [0.25, 0.3) is 0 Å². The molecule has 2 atom stereocenters. The van der Waals surface area contributed by atoms with Crippen molar-refractivity contribution < 1.29 is 9.53 Å². The third-order valence-electron chi connectivity index (χ3n) is 5.67. The maximum atomic E-state index is 12.6. The van der Waals surface area contributed by atoms with Gasteiger partial charge < -0.3 is 10.1 Å². The van der Waals surface area contributed by atoms with Crippen LogP contribution in [0.25, 0.3) is 17.1 Å². The molecule has 1 aliphatic carbocycles. The third-order valence-corrected chi connectivity index (χ3v) is 6.60. The summed E-state index contributed by atoms with van der Waals surface area (Å²) in [4.78, 5) is 16.7. The van der Waals surface area contributed by atoms with Crippen LogP contribution in [0.2, 0.25) is 0 Å². The lowest BCUT2D eigenvalue weighted by Gasteiger charge is -2.29. The average molecular weight is 438 g/mol. The Morgan fingerprint density at radius 2 is 2.00 bits per heavy atom. The van der Waals surface area contributed by atoms with Crippen molar-refractivity contribution in [3.05, 3.63) is 48.8 Å². The van der Waals surface area contributed by atoms with Crippen LogP contribution in [0, 0.1) is 5.92 Å². The lowest BCUT2D eigenvalue weighted by molar-refractivity contribution is -0.119. The number of thioether (sulfide) groups is 1. The Hall–Kier alpha value is -2.87. The summed E-state index contributed by atoms with van der Waals surface area (Å²) in [7, 11) is 1.64. The molecule has 31 heavy (non-hydrogen) atoms. The number of hydrogen-bond acceptors (Lipinski definition) is 6. The summed E-state index contributed by atoms with van der Waals surface area (Å²) in [5, 5.41) is 12.7. The van der Waals surface area contributed by atoms with Gasteiger partial charge in [-0.3, -0.25) is 14.3 Å². The van der Waals surface area contributed by atoms with Gasteiger partial charge >= 0.3 is 0 Å². The van der Waals surface area contributed by atoms with Crippen LogP contribution in [0.4, 0.5) is 0 Å². The smallest absolute Gasteiger partial charge is 0.230 e. The predicted octanol–water partition coefficient (Wildman–Crippen LogP) is 4.12. The number of carbonyl (C=O) groups excluding carboxylic acids is 1. The van der Waals surface area contributed by atoms with E-state index in [1.807, 2.05) is 41.0 Å². The molecule has 3 aromatic rings. The van der Waals surface area contributed by atoms with Gasteiger partial charge in [0, 0.05) is 30.1 Å². The first-order valence-corrected chi connectivity index (χ1v) is 11.6. The molecule has 0 bridgehead atoms. The molecule has 8 heteroatoms. The number of ether oxygens (including phenoxy) is 1. The largest absolute Gasteiger partial charge is 0.497 e. The summed E-state index contributed by atoms with van der Waals surface area (Å²) in [5.74, 6) is 2.30. The van der Waals surface area contributed by atoms with Crippen molar-refractivity contribution in [2.45, 2.75) is 43.8 Å². The van der Waals surface area contributed by atoms with Crippen LogP contribution >= 0.6 is 11.8 Å². The second kappa shape index (κ2) is 9.96. The Bertz CT molecular complexity index is 1020. The van der Waals surface area contributed by atoms with Gasteiger partial charge in [0.15, 0.2) is 11.0 Å². The van der Waals surface area contributed by atoms with Gasteiger partial charge in [-0.05, 0) is 43.0 Å². The summed E-state index contributed by atoms with van der Waals surface area (Å²) in [6.07, 6.45) is 8.13. The first kappa shape index (κ1) is 21.4. The molecule has 0 radical (unpaired) electrons. The molecule has 1 saturated carbocycles. The number of methoxy groups -OCH3 is 1. The zero-order valence-electron chi connectivity index (χ0n) is 17.8. The summed E-state index contributed by atoms with van der Waals surface area (Å²) in [6.45, 7) is 2.22. The second-order valence-corrected chi connectivity index (χ2v) is 8.75. The molecule has 1 aromatic carbocycles. The van der Waals surface area contributed by atoms with Gasteiger partial charge in [-0.1, -0.05) is 37.6 Å². The number of hydrogen-bond donors (Lipinski definition) is 1. The number of rotatable bonds is 7. The number of carbonyl (C=O) groups is 1. The molecule has 2 aromatic heterocycles. The zero-order valence-corrected chi connectivity index (χ0v) is 18.6. The molecule has 162 valence electrons. The molecule has 1 N–H and O–H groups in total. The molecule has 0 unspecified atom stereocenters. The highest BCUT2D eigenvalue weighted by Gasteiger charge is 2.23. The summed E-state index contributed by atoms with van der Waals surface area (Å²) in [5.41, 5.74) is 1.78. The van der Waals surface area contributed by atoms with Gasteiger partial charge in [-0.15, -0.1) is 10.2 Å². The highest BCUT2D eigenvalue weighted by molar-refractivity contribution is 7.99. The van der Waals surface area contributed by atoms with Gasteiger partial charge in [-0.2, -0.15) is 0 Å². The van der Waals surface area contributed by atoms with Gasteiger partial charge in [-0.25, -0.2) is 0 Å². The van der Waals surface area contributed by atoms with E-state index in [-0.39, 0.29) is 11.9 Å². The molecule has 7 nitrogen and oxygen atoms in total. The Morgan fingerprint density at radius 3 is 2.77 bits per heavy atom. The van der Waals surface area contributed by atoms with Gasteiger partial charge in [0.05, 0.1) is 18.6 Å². The van der Waals surface area contributed by atoms with Crippen molar-refractivity contribution in [3.63, 3.8) is 0 Å². The van der Waals surface area contributed by atoms with Crippen LogP contribution in [-0.2, 0) is 4.79 Å². The highest BCUT2D eigenvalue weighted by atomic mass is 32.2. The van der Waals surface area contributed by atoms with Crippen LogP contribution < -0.4 is 10.1 Å². The number of benzene rings is 1. The molecule has 1 aliphatic rings. The minimum absolute atomic E-state index is 0.0365. The van der Waals surface area contributed by atoms with Crippen LogP contribution in [0.1, 0.15) is 32.6 Å². The Labute approximate surface area is 186 Å². The fraction of sp³-hybridized carbons (Fsp3) is 0.391. The van der Waals surface area contributed by atoms with E-state index < -0.39 is 0 Å². The Balaban J connectivity index is 1.57. The number of pyridine rings is 1. The minimum Gasteiger partial charge on any atom is -0.497 e. The number of amides is 1. The molecule has 2 heterocycles. The second-order valence-electron chi connectivity index (χ2n) is 7.80. The van der Waals surface area contributed by atoms with Crippen molar-refractivity contribution in [2.75, 3.05) is 12.9 Å². The van der Waals surface area contributed by atoms with E-state index in [0.717, 1.165) is 23.4 Å². The first-order chi connectivity index (χ1) is 15.2. The molecule has 1 amide bonds. The standard InChI is InChI=1S/C23H27N5O2S/c1-16-6-3-4-9-20(16)25-21(29)15-31-23-27-26-22(17-10-12-24-13-11-17)28(23)18-7-5-8-19(14-18)30-2/h5,7-8,10-14,16,20H,3-4,6,9,15H2,1-2H3,(H,25,29)/t16-,20+/m0/s1. The molecular formula is C23H27N5O2S. The van der Waals surface area contributed by atoms with Crippen molar-refractivity contribution in [2.24, 2.45) is 5.92 Å². The minimum atomic E-state index is 0.0365. The van der Waals surface area contributed by atoms with E-state index in [1.54, 1.807) is 19.5 Å². The van der Waals surface area contributed by atoms with Crippen LogP contribution in [0.3, 0.4) is 0 Å². The van der Waals surface area contributed by atoms with E-state index in [1.165, 1.54) is 31.0 Å².